The number of benzene rings is 2. The van der Waals surface area contributed by atoms with Crippen molar-refractivity contribution in [2.75, 3.05) is 12.5 Å². The van der Waals surface area contributed by atoms with Crippen molar-refractivity contribution in [2.24, 2.45) is 0 Å². The number of fused-ring (bicyclic) bond motifs is 1. The van der Waals surface area contributed by atoms with Gasteiger partial charge in [0.15, 0.2) is 22.4 Å². The summed E-state index contributed by atoms with van der Waals surface area (Å²) in [5, 5.41) is 9.07. The number of Topliss-reactive ketones (excluding diaryl/α,β-unsaturated/α-hetero) is 1. The van der Waals surface area contributed by atoms with Crippen molar-refractivity contribution in [3.05, 3.63) is 59.4 Å². The molecule has 3 aromatic rings. The van der Waals surface area contributed by atoms with Gasteiger partial charge in [-0.25, -0.2) is 0 Å². The van der Waals surface area contributed by atoms with E-state index in [1.54, 1.807) is 18.2 Å². The predicted molar refractivity (Wildman–Crippen MR) is 98.5 cm³/mol. The summed E-state index contributed by atoms with van der Waals surface area (Å²) in [6.07, 6.45) is 0. The van der Waals surface area contributed by atoms with Gasteiger partial charge in [-0.1, -0.05) is 29.5 Å². The van der Waals surface area contributed by atoms with Crippen LogP contribution in [0.3, 0.4) is 0 Å². The van der Waals surface area contributed by atoms with E-state index in [1.165, 1.54) is 17.3 Å². The highest BCUT2D eigenvalue weighted by atomic mass is 32.2. The summed E-state index contributed by atoms with van der Waals surface area (Å²) in [6, 6.07) is 13.4. The summed E-state index contributed by atoms with van der Waals surface area (Å²) in [6.45, 7) is 4.14. The Hall–Kier alpha value is -2.80. The molecular formula is C19H17N3O3S. The summed E-state index contributed by atoms with van der Waals surface area (Å²) >= 11 is 1.37. The molecule has 26 heavy (non-hydrogen) atoms. The molecule has 1 aliphatic rings. The second-order valence-electron chi connectivity index (χ2n) is 5.98. The molecule has 0 atom stereocenters. The van der Waals surface area contributed by atoms with E-state index in [1.807, 2.05) is 42.7 Å². The number of aryl methyl sites for hydroxylation is 2. The molecule has 1 aromatic heterocycles. The van der Waals surface area contributed by atoms with Crippen LogP contribution in [0.25, 0.3) is 5.69 Å². The number of hydrogen-bond acceptors (Lipinski definition) is 6. The second kappa shape index (κ2) is 6.84. The number of thioether (sulfide) groups is 1. The van der Waals surface area contributed by atoms with Crippen LogP contribution in [0.15, 0.2) is 47.6 Å². The van der Waals surface area contributed by atoms with E-state index in [9.17, 15) is 4.79 Å². The van der Waals surface area contributed by atoms with Crippen LogP contribution in [0.1, 0.15) is 21.7 Å². The minimum absolute atomic E-state index is 0.00408. The number of rotatable bonds is 5. The maximum absolute atomic E-state index is 12.5. The van der Waals surface area contributed by atoms with Crippen molar-refractivity contribution in [2.45, 2.75) is 19.0 Å². The Morgan fingerprint density at radius 3 is 2.65 bits per heavy atom. The molecule has 0 saturated carbocycles. The lowest BCUT2D eigenvalue weighted by Gasteiger charge is -2.08. The number of carbonyl (C=O) groups excluding carboxylic acids is 1. The summed E-state index contributed by atoms with van der Waals surface area (Å²) < 4.78 is 12.6. The van der Waals surface area contributed by atoms with Crippen LogP contribution in [-0.4, -0.2) is 33.1 Å². The van der Waals surface area contributed by atoms with Crippen LogP contribution in [-0.2, 0) is 0 Å². The van der Waals surface area contributed by atoms with E-state index in [4.69, 9.17) is 9.47 Å². The van der Waals surface area contributed by atoms with Gasteiger partial charge in [-0.05, 0) is 44.2 Å². The molecule has 0 amide bonds. The molecule has 132 valence electrons. The van der Waals surface area contributed by atoms with Gasteiger partial charge < -0.3 is 9.47 Å². The fourth-order valence-corrected chi connectivity index (χ4v) is 3.60. The van der Waals surface area contributed by atoms with Crippen LogP contribution in [0, 0.1) is 13.8 Å². The number of aromatic nitrogens is 3. The van der Waals surface area contributed by atoms with Gasteiger partial charge in [-0.2, -0.15) is 0 Å². The van der Waals surface area contributed by atoms with Crippen molar-refractivity contribution in [3.8, 4) is 17.2 Å². The lowest BCUT2D eigenvalue weighted by molar-refractivity contribution is 0.102. The average molecular weight is 367 g/mol. The van der Waals surface area contributed by atoms with E-state index in [2.05, 4.69) is 10.2 Å². The summed E-state index contributed by atoms with van der Waals surface area (Å²) in [5.41, 5.74) is 2.77. The number of ketones is 1. The zero-order chi connectivity index (χ0) is 18.1. The van der Waals surface area contributed by atoms with E-state index in [0.717, 1.165) is 11.5 Å². The summed E-state index contributed by atoms with van der Waals surface area (Å²) in [5.74, 6) is 2.34. The third kappa shape index (κ3) is 3.17. The minimum Gasteiger partial charge on any atom is -0.454 e. The lowest BCUT2D eigenvalue weighted by Crippen LogP contribution is -2.05. The first kappa shape index (κ1) is 16.7. The predicted octanol–water partition coefficient (Wildman–Crippen LogP) is 3.59. The SMILES string of the molecule is Cc1ccc(-n2c(C)nnc2SCC(=O)c2ccc3c(c2)OCO3)cc1. The lowest BCUT2D eigenvalue weighted by atomic mass is 10.1. The molecule has 0 radical (unpaired) electrons. The Labute approximate surface area is 155 Å². The first-order valence-corrected chi connectivity index (χ1v) is 9.15. The number of nitrogens with zero attached hydrogens (tertiary/aromatic N) is 3. The van der Waals surface area contributed by atoms with Crippen molar-refractivity contribution in [1.82, 2.24) is 14.8 Å². The van der Waals surface area contributed by atoms with Crippen molar-refractivity contribution in [1.29, 1.82) is 0 Å². The van der Waals surface area contributed by atoms with Gasteiger partial charge >= 0.3 is 0 Å². The fraction of sp³-hybridized carbons (Fsp3) is 0.211. The molecule has 0 unspecified atom stereocenters. The van der Waals surface area contributed by atoms with Gasteiger partial charge in [0.05, 0.1) is 5.75 Å². The molecule has 7 heteroatoms. The number of hydrogen-bond donors (Lipinski definition) is 0. The Kier molecular flexibility index (Phi) is 4.38. The molecule has 0 N–H and O–H groups in total. The maximum Gasteiger partial charge on any atom is 0.231 e. The molecule has 0 bridgehead atoms. The fourth-order valence-electron chi connectivity index (χ4n) is 2.71. The van der Waals surface area contributed by atoms with E-state index < -0.39 is 0 Å². The molecule has 2 aromatic carbocycles. The van der Waals surface area contributed by atoms with Crippen LogP contribution in [0.4, 0.5) is 0 Å². The van der Waals surface area contributed by atoms with Crippen molar-refractivity contribution in [3.63, 3.8) is 0 Å². The van der Waals surface area contributed by atoms with Crippen LogP contribution < -0.4 is 9.47 Å². The first-order valence-electron chi connectivity index (χ1n) is 8.16. The molecular weight excluding hydrogens is 350 g/mol. The van der Waals surface area contributed by atoms with Crippen LogP contribution in [0.2, 0.25) is 0 Å². The molecule has 4 rings (SSSR count). The highest BCUT2D eigenvalue weighted by Gasteiger charge is 2.18. The van der Waals surface area contributed by atoms with Gasteiger partial charge in [0.1, 0.15) is 5.82 Å². The molecule has 0 fully saturated rings. The Morgan fingerprint density at radius 1 is 1.08 bits per heavy atom. The second-order valence-corrected chi connectivity index (χ2v) is 6.92. The number of carbonyl (C=O) groups is 1. The Bertz CT molecular complexity index is 967. The van der Waals surface area contributed by atoms with E-state index >= 15 is 0 Å². The summed E-state index contributed by atoms with van der Waals surface area (Å²) in [4.78, 5) is 12.5. The third-order valence-electron chi connectivity index (χ3n) is 4.11. The standard InChI is InChI=1S/C19H17N3O3S/c1-12-3-6-15(7-4-12)22-13(2)20-21-19(22)26-10-16(23)14-5-8-17-18(9-14)25-11-24-17/h3-9H,10-11H2,1-2H3. The van der Waals surface area contributed by atoms with Gasteiger partial charge in [-0.3, -0.25) is 9.36 Å². The van der Waals surface area contributed by atoms with Crippen LogP contribution >= 0.6 is 11.8 Å². The summed E-state index contributed by atoms with van der Waals surface area (Å²) in [7, 11) is 0. The molecule has 0 spiro atoms. The van der Waals surface area contributed by atoms with E-state index in [0.29, 0.717) is 22.2 Å². The Balaban J connectivity index is 1.51. The van der Waals surface area contributed by atoms with Gasteiger partial charge in [0, 0.05) is 11.3 Å². The van der Waals surface area contributed by atoms with Gasteiger partial charge in [0.2, 0.25) is 6.79 Å². The van der Waals surface area contributed by atoms with Crippen molar-refractivity contribution < 1.29 is 14.3 Å². The average Bonchev–Trinajstić information content (AvgIpc) is 3.26. The molecule has 6 nitrogen and oxygen atoms in total. The highest BCUT2D eigenvalue weighted by molar-refractivity contribution is 7.99. The topological polar surface area (TPSA) is 66.2 Å². The van der Waals surface area contributed by atoms with E-state index in [-0.39, 0.29) is 18.3 Å². The van der Waals surface area contributed by atoms with Crippen molar-refractivity contribution >= 4 is 17.5 Å². The monoisotopic (exact) mass is 367 g/mol. The zero-order valence-electron chi connectivity index (χ0n) is 14.4. The Morgan fingerprint density at radius 2 is 1.85 bits per heavy atom. The van der Waals surface area contributed by atoms with Crippen LogP contribution in [0.5, 0.6) is 11.5 Å². The quantitative estimate of drug-likeness (QED) is 0.507. The van der Waals surface area contributed by atoms with Gasteiger partial charge in [-0.15, -0.1) is 10.2 Å². The van der Waals surface area contributed by atoms with Gasteiger partial charge in [0.25, 0.3) is 0 Å². The molecule has 0 aliphatic carbocycles. The molecule has 0 saturated heterocycles. The zero-order valence-corrected chi connectivity index (χ0v) is 15.2. The highest BCUT2D eigenvalue weighted by Crippen LogP contribution is 2.33. The third-order valence-corrected chi connectivity index (χ3v) is 5.04. The molecule has 2 heterocycles. The first-order chi connectivity index (χ1) is 12.6. The number of ether oxygens (including phenoxy) is 2. The molecule has 1 aliphatic heterocycles. The normalized spacial score (nSPS) is 12.4. The smallest absolute Gasteiger partial charge is 0.231 e. The maximum atomic E-state index is 12.5. The minimum atomic E-state index is 0.00408. The largest absolute Gasteiger partial charge is 0.454 e.